The first-order chi connectivity index (χ1) is 10.9. The van der Waals surface area contributed by atoms with Gasteiger partial charge in [-0.15, -0.1) is 0 Å². The standard InChI is InChI=1S/C15H17F2NO5/c1-22-10-5-4-9(8-11(10)23-14(16)17)12(19)18-15(13(20)21)6-2-3-7-15/h4-5,8,14H,2-3,6-7H2,1H3,(H,18,19)(H,20,21). The average molecular weight is 329 g/mol. The highest BCUT2D eigenvalue weighted by atomic mass is 19.3. The molecule has 1 fully saturated rings. The first-order valence-corrected chi connectivity index (χ1v) is 7.07. The van der Waals surface area contributed by atoms with Gasteiger partial charge in [0, 0.05) is 5.56 Å². The van der Waals surface area contributed by atoms with Crippen molar-refractivity contribution >= 4 is 11.9 Å². The maximum atomic E-state index is 12.4. The second-order valence-electron chi connectivity index (χ2n) is 5.29. The zero-order chi connectivity index (χ0) is 17.0. The summed E-state index contributed by atoms with van der Waals surface area (Å²) in [5.41, 5.74) is -1.28. The van der Waals surface area contributed by atoms with Crippen LogP contribution in [0.4, 0.5) is 8.78 Å². The third kappa shape index (κ3) is 3.69. The highest BCUT2D eigenvalue weighted by Crippen LogP contribution is 2.32. The van der Waals surface area contributed by atoms with Crippen molar-refractivity contribution in [2.75, 3.05) is 7.11 Å². The topological polar surface area (TPSA) is 84.9 Å². The molecule has 8 heteroatoms. The highest BCUT2D eigenvalue weighted by molar-refractivity contribution is 5.98. The summed E-state index contributed by atoms with van der Waals surface area (Å²) in [4.78, 5) is 23.7. The van der Waals surface area contributed by atoms with Crippen LogP contribution in [0.1, 0.15) is 36.0 Å². The van der Waals surface area contributed by atoms with Gasteiger partial charge in [-0.3, -0.25) is 4.79 Å². The molecular formula is C15H17F2NO5. The SMILES string of the molecule is COc1ccc(C(=O)NC2(C(=O)O)CCCC2)cc1OC(F)F. The number of hydrogen-bond acceptors (Lipinski definition) is 4. The van der Waals surface area contributed by atoms with E-state index in [1.807, 2.05) is 0 Å². The molecule has 1 aromatic rings. The first-order valence-electron chi connectivity index (χ1n) is 7.07. The van der Waals surface area contributed by atoms with Gasteiger partial charge in [-0.2, -0.15) is 8.78 Å². The van der Waals surface area contributed by atoms with Gasteiger partial charge >= 0.3 is 12.6 Å². The Kier molecular flexibility index (Phi) is 5.02. The van der Waals surface area contributed by atoms with Crippen LogP contribution in [-0.2, 0) is 4.79 Å². The van der Waals surface area contributed by atoms with Crippen LogP contribution in [0.3, 0.4) is 0 Å². The van der Waals surface area contributed by atoms with Crippen LogP contribution in [0, 0.1) is 0 Å². The Hall–Kier alpha value is -2.38. The van der Waals surface area contributed by atoms with Gasteiger partial charge in [-0.1, -0.05) is 12.8 Å². The number of ether oxygens (including phenoxy) is 2. The summed E-state index contributed by atoms with van der Waals surface area (Å²) >= 11 is 0. The van der Waals surface area contributed by atoms with Crippen LogP contribution in [0.25, 0.3) is 0 Å². The normalized spacial score (nSPS) is 16.2. The Bertz CT molecular complexity index is 600. The summed E-state index contributed by atoms with van der Waals surface area (Å²) in [6.45, 7) is -3.07. The maximum absolute atomic E-state index is 12.4. The number of amides is 1. The fourth-order valence-electron chi connectivity index (χ4n) is 2.67. The smallest absolute Gasteiger partial charge is 0.387 e. The van der Waals surface area contributed by atoms with Crippen molar-refractivity contribution in [1.29, 1.82) is 0 Å². The molecule has 1 aromatic carbocycles. The number of carboxylic acid groups (broad SMARTS) is 1. The summed E-state index contributed by atoms with van der Waals surface area (Å²) in [7, 11) is 1.28. The van der Waals surface area contributed by atoms with Gasteiger partial charge in [0.25, 0.3) is 5.91 Å². The third-order valence-electron chi connectivity index (χ3n) is 3.86. The Morgan fingerprint density at radius 2 is 1.91 bits per heavy atom. The van der Waals surface area contributed by atoms with E-state index in [2.05, 4.69) is 10.1 Å². The number of rotatable bonds is 6. The maximum Gasteiger partial charge on any atom is 0.387 e. The van der Waals surface area contributed by atoms with Crippen LogP contribution >= 0.6 is 0 Å². The molecule has 6 nitrogen and oxygen atoms in total. The van der Waals surface area contributed by atoms with E-state index in [9.17, 15) is 23.5 Å². The van der Waals surface area contributed by atoms with E-state index < -0.39 is 24.0 Å². The van der Waals surface area contributed by atoms with E-state index in [1.54, 1.807) is 0 Å². The summed E-state index contributed by atoms with van der Waals surface area (Å²) in [5.74, 6) is -1.99. The largest absolute Gasteiger partial charge is 0.493 e. The van der Waals surface area contributed by atoms with Gasteiger partial charge in [0.1, 0.15) is 5.54 Å². The zero-order valence-corrected chi connectivity index (χ0v) is 12.5. The minimum Gasteiger partial charge on any atom is -0.493 e. The van der Waals surface area contributed by atoms with Gasteiger partial charge in [0.2, 0.25) is 0 Å². The number of hydrogen-bond donors (Lipinski definition) is 2. The van der Waals surface area contributed by atoms with Crippen LogP contribution < -0.4 is 14.8 Å². The van der Waals surface area contributed by atoms with Crippen LogP contribution in [-0.4, -0.2) is 36.2 Å². The molecule has 1 aliphatic rings. The van der Waals surface area contributed by atoms with Crippen LogP contribution in [0.5, 0.6) is 11.5 Å². The van der Waals surface area contributed by atoms with Crippen molar-refractivity contribution in [3.05, 3.63) is 23.8 Å². The van der Waals surface area contributed by atoms with E-state index in [4.69, 9.17) is 4.74 Å². The molecule has 2 N–H and O–H groups in total. The van der Waals surface area contributed by atoms with Gasteiger partial charge in [0.15, 0.2) is 11.5 Å². The van der Waals surface area contributed by atoms with Crippen molar-refractivity contribution < 1.29 is 33.0 Å². The molecule has 1 saturated carbocycles. The number of aliphatic carboxylic acids is 1. The number of nitrogens with one attached hydrogen (secondary N) is 1. The number of carbonyl (C=O) groups is 2. The minimum absolute atomic E-state index is 0.0222. The highest BCUT2D eigenvalue weighted by Gasteiger charge is 2.42. The second-order valence-corrected chi connectivity index (χ2v) is 5.29. The quantitative estimate of drug-likeness (QED) is 0.837. The predicted molar refractivity (Wildman–Crippen MR) is 75.9 cm³/mol. The first kappa shape index (κ1) is 17.0. The van der Waals surface area contributed by atoms with Crippen LogP contribution in [0.2, 0.25) is 0 Å². The molecule has 0 aromatic heterocycles. The molecule has 0 aliphatic heterocycles. The molecule has 0 unspecified atom stereocenters. The molecule has 2 rings (SSSR count). The Morgan fingerprint density at radius 3 is 2.43 bits per heavy atom. The van der Waals surface area contributed by atoms with Crippen molar-refractivity contribution in [2.24, 2.45) is 0 Å². The van der Waals surface area contributed by atoms with E-state index >= 15 is 0 Å². The molecule has 0 radical (unpaired) electrons. The molecule has 1 aliphatic carbocycles. The third-order valence-corrected chi connectivity index (χ3v) is 3.86. The van der Waals surface area contributed by atoms with Gasteiger partial charge in [0.05, 0.1) is 7.11 Å². The molecule has 23 heavy (non-hydrogen) atoms. The number of alkyl halides is 2. The van der Waals surface area contributed by atoms with E-state index in [0.717, 1.165) is 6.07 Å². The van der Waals surface area contributed by atoms with Gasteiger partial charge in [-0.05, 0) is 31.0 Å². The zero-order valence-electron chi connectivity index (χ0n) is 12.5. The van der Waals surface area contributed by atoms with E-state index in [-0.39, 0.29) is 17.1 Å². The summed E-state index contributed by atoms with van der Waals surface area (Å²) < 4.78 is 34.0. The molecular weight excluding hydrogens is 312 g/mol. The van der Waals surface area contributed by atoms with Crippen molar-refractivity contribution in [2.45, 2.75) is 37.8 Å². The lowest BCUT2D eigenvalue weighted by Gasteiger charge is -2.25. The van der Waals surface area contributed by atoms with Crippen LogP contribution in [0.15, 0.2) is 18.2 Å². The number of methoxy groups -OCH3 is 1. The van der Waals surface area contributed by atoms with E-state index in [1.165, 1.54) is 19.2 Å². The van der Waals surface area contributed by atoms with Crippen molar-refractivity contribution in [3.8, 4) is 11.5 Å². The fourth-order valence-corrected chi connectivity index (χ4v) is 2.67. The van der Waals surface area contributed by atoms with E-state index in [0.29, 0.717) is 25.7 Å². The molecule has 0 atom stereocenters. The Labute approximate surface area is 131 Å². The lowest BCUT2D eigenvalue weighted by atomic mass is 9.97. The second kappa shape index (κ2) is 6.80. The lowest BCUT2D eigenvalue weighted by Crippen LogP contribution is -2.52. The summed E-state index contributed by atoms with van der Waals surface area (Å²) in [6, 6.07) is 3.77. The molecule has 0 saturated heterocycles. The Balaban J connectivity index is 2.23. The number of carboxylic acids is 1. The monoisotopic (exact) mass is 329 g/mol. The predicted octanol–water partition coefficient (Wildman–Crippen LogP) is 2.42. The number of carbonyl (C=O) groups excluding carboxylic acids is 1. The molecule has 0 heterocycles. The number of benzene rings is 1. The van der Waals surface area contributed by atoms with Crippen molar-refractivity contribution in [1.82, 2.24) is 5.32 Å². The minimum atomic E-state index is -3.07. The molecule has 0 bridgehead atoms. The molecule has 0 spiro atoms. The molecule has 1 amide bonds. The van der Waals surface area contributed by atoms with Gasteiger partial charge in [-0.25, -0.2) is 4.79 Å². The summed E-state index contributed by atoms with van der Waals surface area (Å²) in [6.07, 6.45) is 2.08. The molecule has 126 valence electrons. The lowest BCUT2D eigenvalue weighted by molar-refractivity contribution is -0.144. The fraction of sp³-hybridized carbons (Fsp3) is 0.467. The number of halogens is 2. The van der Waals surface area contributed by atoms with Crippen molar-refractivity contribution in [3.63, 3.8) is 0 Å². The summed E-state index contributed by atoms with van der Waals surface area (Å²) in [5, 5.41) is 11.9. The Morgan fingerprint density at radius 1 is 1.26 bits per heavy atom. The van der Waals surface area contributed by atoms with Gasteiger partial charge < -0.3 is 19.9 Å². The average Bonchev–Trinajstić information content (AvgIpc) is 2.96.